The largest absolute Gasteiger partial charge is 0.350 e. The number of pyridine rings is 1. The fourth-order valence-electron chi connectivity index (χ4n) is 2.55. The van der Waals surface area contributed by atoms with E-state index >= 15 is 0 Å². The molecule has 0 radical (unpaired) electrons. The summed E-state index contributed by atoms with van der Waals surface area (Å²) in [7, 11) is 0. The first kappa shape index (κ1) is 14.2. The molecular weight excluding hydrogens is 280 g/mol. The van der Waals surface area contributed by atoms with E-state index < -0.39 is 5.54 Å². The van der Waals surface area contributed by atoms with Crippen molar-refractivity contribution in [2.75, 3.05) is 0 Å². The summed E-state index contributed by atoms with van der Waals surface area (Å²) >= 11 is 0. The van der Waals surface area contributed by atoms with Crippen LogP contribution in [-0.2, 0) is 16.1 Å². The topological polar surface area (TPSA) is 74.7 Å². The van der Waals surface area contributed by atoms with E-state index in [-0.39, 0.29) is 18.2 Å². The molecule has 22 heavy (non-hydrogen) atoms. The summed E-state index contributed by atoms with van der Waals surface area (Å²) in [5.41, 5.74) is -0.0142. The molecule has 1 atom stereocenters. The monoisotopic (exact) mass is 296 g/mol. The molecule has 1 unspecified atom stereocenters. The Labute approximate surface area is 128 Å². The Morgan fingerprint density at radius 3 is 2.91 bits per heavy atom. The van der Waals surface area contributed by atoms with Crippen molar-refractivity contribution in [1.29, 1.82) is 0 Å². The maximum absolute atomic E-state index is 12.7. The molecule has 1 aromatic rings. The van der Waals surface area contributed by atoms with Crippen molar-refractivity contribution in [3.05, 3.63) is 54.5 Å². The van der Waals surface area contributed by atoms with Crippen LogP contribution in [0.4, 0.5) is 0 Å². The number of nitrogens with zero attached hydrogens (tertiary/aromatic N) is 3. The van der Waals surface area contributed by atoms with Crippen molar-refractivity contribution in [2.24, 2.45) is 4.99 Å². The quantitative estimate of drug-likeness (QED) is 0.908. The maximum Gasteiger partial charge on any atom is 0.250 e. The van der Waals surface area contributed by atoms with Crippen molar-refractivity contribution in [1.82, 2.24) is 15.2 Å². The molecule has 2 amide bonds. The summed E-state index contributed by atoms with van der Waals surface area (Å²) in [5, 5.41) is 2.89. The molecule has 2 aliphatic heterocycles. The summed E-state index contributed by atoms with van der Waals surface area (Å²) < 4.78 is 0. The minimum absolute atomic E-state index is 0.0524. The average Bonchev–Trinajstić information content (AvgIpc) is 2.53. The molecule has 2 aliphatic rings. The first-order valence-electron chi connectivity index (χ1n) is 7.02. The second kappa shape index (κ2) is 5.55. The lowest BCUT2D eigenvalue weighted by atomic mass is 9.91. The predicted molar refractivity (Wildman–Crippen MR) is 81.7 cm³/mol. The summed E-state index contributed by atoms with van der Waals surface area (Å²) in [6.07, 6.45) is 10.5. The first-order chi connectivity index (χ1) is 10.6. The highest BCUT2D eigenvalue weighted by Gasteiger charge is 2.44. The lowest BCUT2D eigenvalue weighted by molar-refractivity contribution is -0.134. The van der Waals surface area contributed by atoms with Crippen LogP contribution in [0.15, 0.2) is 53.9 Å². The van der Waals surface area contributed by atoms with Gasteiger partial charge in [-0.15, -0.1) is 0 Å². The second-order valence-electron chi connectivity index (χ2n) is 5.42. The third-order valence-corrected chi connectivity index (χ3v) is 3.80. The van der Waals surface area contributed by atoms with Gasteiger partial charge in [-0.05, 0) is 36.8 Å². The van der Waals surface area contributed by atoms with Gasteiger partial charge in [-0.1, -0.05) is 6.08 Å². The van der Waals surface area contributed by atoms with E-state index in [0.717, 1.165) is 5.56 Å². The molecular formula is C16H16N4O2. The van der Waals surface area contributed by atoms with Crippen molar-refractivity contribution < 1.29 is 9.59 Å². The van der Waals surface area contributed by atoms with Gasteiger partial charge in [0.1, 0.15) is 11.4 Å². The Balaban J connectivity index is 1.78. The molecule has 0 aromatic carbocycles. The number of allylic oxidation sites excluding steroid dienone is 2. The van der Waals surface area contributed by atoms with Gasteiger partial charge in [-0.3, -0.25) is 14.6 Å². The molecule has 0 fully saturated rings. The number of aromatic nitrogens is 1. The fraction of sp³-hybridized carbons (Fsp3) is 0.250. The molecule has 3 heterocycles. The van der Waals surface area contributed by atoms with Gasteiger partial charge >= 0.3 is 0 Å². The number of aliphatic imine (C=N–C) groups is 1. The number of carbonyl (C=O) groups excluding carboxylic acids is 2. The van der Waals surface area contributed by atoms with Crippen LogP contribution in [0, 0.1) is 0 Å². The highest BCUT2D eigenvalue weighted by atomic mass is 16.2. The summed E-state index contributed by atoms with van der Waals surface area (Å²) in [4.78, 5) is 34.2. The van der Waals surface area contributed by atoms with Crippen LogP contribution in [0.5, 0.6) is 0 Å². The molecule has 6 heteroatoms. The van der Waals surface area contributed by atoms with Crippen LogP contribution in [0.1, 0.15) is 18.9 Å². The van der Waals surface area contributed by atoms with E-state index in [2.05, 4.69) is 15.3 Å². The van der Waals surface area contributed by atoms with Crippen molar-refractivity contribution in [3.8, 4) is 0 Å². The average molecular weight is 296 g/mol. The Morgan fingerprint density at radius 1 is 1.36 bits per heavy atom. The van der Waals surface area contributed by atoms with E-state index in [1.54, 1.807) is 42.6 Å². The Kier molecular flexibility index (Phi) is 3.58. The molecule has 0 aliphatic carbocycles. The van der Waals surface area contributed by atoms with Gasteiger partial charge in [0.05, 0.1) is 6.42 Å². The third kappa shape index (κ3) is 2.55. The molecule has 112 valence electrons. The number of carbonyl (C=O) groups is 2. The van der Waals surface area contributed by atoms with Crippen molar-refractivity contribution in [3.63, 3.8) is 0 Å². The lowest BCUT2D eigenvalue weighted by Crippen LogP contribution is -2.59. The summed E-state index contributed by atoms with van der Waals surface area (Å²) in [6.45, 7) is 2.15. The molecule has 3 rings (SSSR count). The van der Waals surface area contributed by atoms with Gasteiger partial charge in [0, 0.05) is 25.1 Å². The Morgan fingerprint density at radius 2 is 2.14 bits per heavy atom. The van der Waals surface area contributed by atoms with Gasteiger partial charge in [0.25, 0.3) is 5.91 Å². The van der Waals surface area contributed by atoms with Gasteiger partial charge in [-0.2, -0.15) is 4.99 Å². The van der Waals surface area contributed by atoms with E-state index in [9.17, 15) is 9.59 Å². The zero-order valence-electron chi connectivity index (χ0n) is 12.2. The molecule has 1 aromatic heterocycles. The third-order valence-electron chi connectivity index (χ3n) is 3.80. The van der Waals surface area contributed by atoms with Gasteiger partial charge in [-0.25, -0.2) is 0 Å². The highest BCUT2D eigenvalue weighted by molar-refractivity contribution is 6.09. The number of hydrogen-bond acceptors (Lipinski definition) is 4. The maximum atomic E-state index is 12.7. The standard InChI is InChI=1S/C16H16N4O2/c1-16(15(22)18-11-12-5-7-17-8-6-12)10-14(21)19-13-4-2-3-9-20(13)16/h2-9H,10-11H2,1H3,(H,18,22). The van der Waals surface area contributed by atoms with E-state index in [0.29, 0.717) is 12.4 Å². The highest BCUT2D eigenvalue weighted by Crippen LogP contribution is 2.28. The van der Waals surface area contributed by atoms with E-state index in [4.69, 9.17) is 0 Å². The normalized spacial score (nSPS) is 23.0. The minimum atomic E-state index is -0.970. The van der Waals surface area contributed by atoms with Gasteiger partial charge in [0.15, 0.2) is 0 Å². The van der Waals surface area contributed by atoms with Crippen LogP contribution in [0.2, 0.25) is 0 Å². The smallest absolute Gasteiger partial charge is 0.250 e. The SMILES string of the molecule is CC1(C(=O)NCc2ccncc2)CC(=O)N=C2C=CC=CN21. The lowest BCUT2D eigenvalue weighted by Gasteiger charge is -2.41. The van der Waals surface area contributed by atoms with E-state index in [1.165, 1.54) is 0 Å². The minimum Gasteiger partial charge on any atom is -0.350 e. The van der Waals surface area contributed by atoms with Gasteiger partial charge in [0.2, 0.25) is 5.91 Å². The first-order valence-corrected chi connectivity index (χ1v) is 7.02. The number of rotatable bonds is 3. The van der Waals surface area contributed by atoms with Crippen LogP contribution in [0.3, 0.4) is 0 Å². The number of amidine groups is 1. The molecule has 0 bridgehead atoms. The van der Waals surface area contributed by atoms with Crippen LogP contribution in [-0.4, -0.2) is 33.1 Å². The molecule has 0 spiro atoms. The van der Waals surface area contributed by atoms with Crippen molar-refractivity contribution in [2.45, 2.75) is 25.4 Å². The predicted octanol–water partition coefficient (Wildman–Crippen LogP) is 1.17. The second-order valence-corrected chi connectivity index (χ2v) is 5.42. The number of hydrogen-bond donors (Lipinski definition) is 1. The molecule has 0 saturated heterocycles. The van der Waals surface area contributed by atoms with E-state index in [1.807, 2.05) is 18.2 Å². The summed E-state index contributed by atoms with van der Waals surface area (Å²) in [6, 6.07) is 3.68. The zero-order chi connectivity index (χ0) is 15.6. The number of amides is 2. The number of fused-ring (bicyclic) bond motifs is 1. The molecule has 1 N–H and O–H groups in total. The van der Waals surface area contributed by atoms with Crippen LogP contribution in [0.25, 0.3) is 0 Å². The fourth-order valence-corrected chi connectivity index (χ4v) is 2.55. The van der Waals surface area contributed by atoms with Crippen LogP contribution >= 0.6 is 0 Å². The van der Waals surface area contributed by atoms with Crippen LogP contribution < -0.4 is 5.32 Å². The Bertz CT molecular complexity index is 693. The Hall–Kier alpha value is -2.76. The molecule has 0 saturated carbocycles. The van der Waals surface area contributed by atoms with Gasteiger partial charge < -0.3 is 10.2 Å². The summed E-state index contributed by atoms with van der Waals surface area (Å²) in [5.74, 6) is 0.0121. The molecule has 6 nitrogen and oxygen atoms in total. The number of nitrogens with one attached hydrogen (secondary N) is 1. The van der Waals surface area contributed by atoms with Crippen molar-refractivity contribution >= 4 is 17.6 Å². The zero-order valence-corrected chi connectivity index (χ0v) is 12.2.